The molecule has 0 radical (unpaired) electrons. The standard InChI is InChI=1S/C23H28N4O2/c1-17-26-22(24-14-12-18-8-4-6-10-20(18)28-2)16-23(27-17)25-15-13-19-9-5-7-11-21(19)29-3/h4-11,16H,12-15H2,1-3H3,(H2,24,25,26,27). The van der Waals surface area contributed by atoms with Crippen LogP contribution in [0, 0.1) is 6.92 Å². The van der Waals surface area contributed by atoms with E-state index in [4.69, 9.17) is 9.47 Å². The molecule has 6 heteroatoms. The van der Waals surface area contributed by atoms with Gasteiger partial charge in [0.15, 0.2) is 0 Å². The van der Waals surface area contributed by atoms with Crippen LogP contribution in [-0.2, 0) is 12.8 Å². The third kappa shape index (κ3) is 5.85. The van der Waals surface area contributed by atoms with Gasteiger partial charge in [0.05, 0.1) is 14.2 Å². The van der Waals surface area contributed by atoms with Gasteiger partial charge in [0.2, 0.25) is 0 Å². The lowest BCUT2D eigenvalue weighted by Gasteiger charge is -2.12. The number of nitrogens with one attached hydrogen (secondary N) is 2. The van der Waals surface area contributed by atoms with E-state index >= 15 is 0 Å². The summed E-state index contributed by atoms with van der Waals surface area (Å²) in [5.41, 5.74) is 2.34. The summed E-state index contributed by atoms with van der Waals surface area (Å²) >= 11 is 0. The van der Waals surface area contributed by atoms with Crippen LogP contribution >= 0.6 is 0 Å². The largest absolute Gasteiger partial charge is 0.496 e. The molecule has 2 N–H and O–H groups in total. The van der Waals surface area contributed by atoms with Gasteiger partial charge in [-0.1, -0.05) is 36.4 Å². The highest BCUT2D eigenvalue weighted by Gasteiger charge is 2.05. The van der Waals surface area contributed by atoms with E-state index in [-0.39, 0.29) is 0 Å². The number of anilines is 2. The maximum atomic E-state index is 5.41. The molecule has 0 fully saturated rings. The van der Waals surface area contributed by atoms with Crippen LogP contribution in [0.25, 0.3) is 0 Å². The van der Waals surface area contributed by atoms with Crippen molar-refractivity contribution in [1.29, 1.82) is 0 Å². The van der Waals surface area contributed by atoms with Gasteiger partial charge in [-0.25, -0.2) is 9.97 Å². The molecular formula is C23H28N4O2. The van der Waals surface area contributed by atoms with Crippen molar-refractivity contribution in [3.63, 3.8) is 0 Å². The summed E-state index contributed by atoms with van der Waals surface area (Å²) in [5, 5.41) is 6.77. The molecule has 0 amide bonds. The van der Waals surface area contributed by atoms with E-state index in [0.717, 1.165) is 54.9 Å². The van der Waals surface area contributed by atoms with Gasteiger partial charge in [-0.15, -0.1) is 0 Å². The van der Waals surface area contributed by atoms with Crippen LogP contribution in [0.4, 0.5) is 11.6 Å². The molecule has 0 saturated carbocycles. The molecular weight excluding hydrogens is 364 g/mol. The molecule has 2 aromatic carbocycles. The fraction of sp³-hybridized carbons (Fsp3) is 0.304. The van der Waals surface area contributed by atoms with E-state index in [9.17, 15) is 0 Å². The van der Waals surface area contributed by atoms with Gasteiger partial charge in [-0.05, 0) is 43.0 Å². The first-order valence-electron chi connectivity index (χ1n) is 9.77. The van der Waals surface area contributed by atoms with Crippen LogP contribution in [0.5, 0.6) is 11.5 Å². The topological polar surface area (TPSA) is 68.3 Å². The van der Waals surface area contributed by atoms with Gasteiger partial charge in [0.25, 0.3) is 0 Å². The van der Waals surface area contributed by atoms with Gasteiger partial charge in [-0.2, -0.15) is 0 Å². The summed E-state index contributed by atoms with van der Waals surface area (Å²) in [6, 6.07) is 18.1. The van der Waals surface area contributed by atoms with E-state index in [0.29, 0.717) is 0 Å². The minimum absolute atomic E-state index is 0.729. The highest BCUT2D eigenvalue weighted by atomic mass is 16.5. The number of methoxy groups -OCH3 is 2. The Morgan fingerprint density at radius 2 is 1.17 bits per heavy atom. The molecule has 29 heavy (non-hydrogen) atoms. The SMILES string of the molecule is COc1ccccc1CCNc1cc(NCCc2ccccc2OC)nc(C)n1. The molecule has 0 unspecified atom stereocenters. The molecule has 3 aromatic rings. The van der Waals surface area contributed by atoms with Crippen LogP contribution in [-0.4, -0.2) is 37.3 Å². The maximum Gasteiger partial charge on any atom is 0.131 e. The molecule has 152 valence electrons. The minimum Gasteiger partial charge on any atom is -0.496 e. The molecule has 0 aliphatic carbocycles. The van der Waals surface area contributed by atoms with Crippen molar-refractivity contribution in [2.75, 3.05) is 37.9 Å². The van der Waals surface area contributed by atoms with Crippen molar-refractivity contribution in [1.82, 2.24) is 9.97 Å². The van der Waals surface area contributed by atoms with E-state index in [1.54, 1.807) is 14.2 Å². The van der Waals surface area contributed by atoms with Gasteiger partial charge in [0, 0.05) is 19.2 Å². The summed E-state index contributed by atoms with van der Waals surface area (Å²) < 4.78 is 10.8. The second-order valence-corrected chi connectivity index (χ2v) is 6.66. The Morgan fingerprint density at radius 3 is 1.62 bits per heavy atom. The van der Waals surface area contributed by atoms with E-state index in [2.05, 4.69) is 32.7 Å². The monoisotopic (exact) mass is 392 g/mol. The van der Waals surface area contributed by atoms with Crippen LogP contribution in [0.3, 0.4) is 0 Å². The number of benzene rings is 2. The fourth-order valence-corrected chi connectivity index (χ4v) is 3.22. The van der Waals surface area contributed by atoms with Gasteiger partial charge in [-0.3, -0.25) is 0 Å². The van der Waals surface area contributed by atoms with Crippen molar-refractivity contribution < 1.29 is 9.47 Å². The Labute approximate surface area is 172 Å². The van der Waals surface area contributed by atoms with Crippen LogP contribution in [0.15, 0.2) is 54.6 Å². The predicted octanol–water partition coefficient (Wildman–Crippen LogP) is 4.11. The molecule has 0 aliphatic rings. The molecule has 3 rings (SSSR count). The first-order valence-corrected chi connectivity index (χ1v) is 9.77. The zero-order chi connectivity index (χ0) is 20.5. The fourth-order valence-electron chi connectivity index (χ4n) is 3.22. The second-order valence-electron chi connectivity index (χ2n) is 6.66. The number of aryl methyl sites for hydroxylation is 1. The summed E-state index contributed by atoms with van der Waals surface area (Å²) in [7, 11) is 3.39. The molecule has 6 nitrogen and oxygen atoms in total. The predicted molar refractivity (Wildman–Crippen MR) is 117 cm³/mol. The smallest absolute Gasteiger partial charge is 0.131 e. The molecule has 0 spiro atoms. The average Bonchev–Trinajstić information content (AvgIpc) is 2.74. The van der Waals surface area contributed by atoms with Crippen LogP contribution in [0.2, 0.25) is 0 Å². The Balaban J connectivity index is 1.55. The summed E-state index contributed by atoms with van der Waals surface area (Å²) in [6.45, 7) is 3.42. The molecule has 0 bridgehead atoms. The zero-order valence-electron chi connectivity index (χ0n) is 17.2. The Kier molecular flexibility index (Phi) is 7.28. The lowest BCUT2D eigenvalue weighted by atomic mass is 10.1. The highest BCUT2D eigenvalue weighted by Crippen LogP contribution is 2.19. The number of rotatable bonds is 10. The van der Waals surface area contributed by atoms with Crippen LogP contribution < -0.4 is 20.1 Å². The summed E-state index contributed by atoms with van der Waals surface area (Å²) in [5.74, 6) is 4.17. The summed E-state index contributed by atoms with van der Waals surface area (Å²) in [4.78, 5) is 8.98. The maximum absolute atomic E-state index is 5.41. The van der Waals surface area contributed by atoms with Crippen LogP contribution in [0.1, 0.15) is 17.0 Å². The first kappa shape index (κ1) is 20.5. The Hall–Kier alpha value is -3.28. The minimum atomic E-state index is 0.729. The highest BCUT2D eigenvalue weighted by molar-refractivity contribution is 5.48. The summed E-state index contributed by atoms with van der Waals surface area (Å²) in [6.07, 6.45) is 1.70. The number of nitrogens with zero attached hydrogens (tertiary/aromatic N) is 2. The van der Waals surface area contributed by atoms with Crippen molar-refractivity contribution in [2.45, 2.75) is 19.8 Å². The molecule has 1 heterocycles. The number of para-hydroxylation sites is 2. The number of hydrogen-bond donors (Lipinski definition) is 2. The normalized spacial score (nSPS) is 10.4. The lowest BCUT2D eigenvalue weighted by Crippen LogP contribution is -2.11. The number of aromatic nitrogens is 2. The van der Waals surface area contributed by atoms with Crippen molar-refractivity contribution in [3.8, 4) is 11.5 Å². The van der Waals surface area contributed by atoms with Crippen molar-refractivity contribution in [3.05, 3.63) is 71.5 Å². The molecule has 0 saturated heterocycles. The van der Waals surface area contributed by atoms with Gasteiger partial charge < -0.3 is 20.1 Å². The van der Waals surface area contributed by atoms with Gasteiger partial charge >= 0.3 is 0 Å². The van der Waals surface area contributed by atoms with E-state index in [1.165, 1.54) is 11.1 Å². The second kappa shape index (κ2) is 10.3. The number of ether oxygens (including phenoxy) is 2. The molecule has 0 atom stereocenters. The number of hydrogen-bond acceptors (Lipinski definition) is 6. The first-order chi connectivity index (χ1) is 14.2. The molecule has 0 aliphatic heterocycles. The van der Waals surface area contributed by atoms with E-state index < -0.39 is 0 Å². The van der Waals surface area contributed by atoms with E-state index in [1.807, 2.05) is 49.4 Å². The molecule has 1 aromatic heterocycles. The average molecular weight is 393 g/mol. The third-order valence-corrected chi connectivity index (χ3v) is 4.62. The zero-order valence-corrected chi connectivity index (χ0v) is 17.2. The Morgan fingerprint density at radius 1 is 0.724 bits per heavy atom. The quantitative estimate of drug-likeness (QED) is 0.541. The van der Waals surface area contributed by atoms with Gasteiger partial charge in [0.1, 0.15) is 29.0 Å². The lowest BCUT2D eigenvalue weighted by molar-refractivity contribution is 0.410. The van der Waals surface area contributed by atoms with Crippen molar-refractivity contribution in [2.24, 2.45) is 0 Å². The third-order valence-electron chi connectivity index (χ3n) is 4.62. The Bertz CT molecular complexity index is 859. The van der Waals surface area contributed by atoms with Crippen molar-refractivity contribution >= 4 is 11.6 Å².